The molecule has 6 heteroatoms. The maximum atomic E-state index is 12.8. The standard InChI is InChI=1S/C16H16FN3O2/c17-11-3-5-12(6-4-11)19-13-7-8-15(18-10-13)20-16(21)14-2-1-9-22-14/h3-8,10,14,19H,1-2,9H2,(H,18,20,21). The number of hydrogen-bond donors (Lipinski definition) is 2. The van der Waals surface area contributed by atoms with Gasteiger partial charge in [0, 0.05) is 12.3 Å². The van der Waals surface area contributed by atoms with Crippen LogP contribution >= 0.6 is 0 Å². The summed E-state index contributed by atoms with van der Waals surface area (Å²) in [5, 5.41) is 5.83. The zero-order chi connectivity index (χ0) is 15.4. The predicted molar refractivity (Wildman–Crippen MR) is 81.5 cm³/mol. The molecule has 1 aliphatic rings. The molecule has 22 heavy (non-hydrogen) atoms. The van der Waals surface area contributed by atoms with Crippen molar-refractivity contribution >= 4 is 23.1 Å². The van der Waals surface area contributed by atoms with Crippen molar-refractivity contribution in [3.63, 3.8) is 0 Å². The van der Waals surface area contributed by atoms with Gasteiger partial charge in [-0.2, -0.15) is 0 Å². The number of carbonyl (C=O) groups is 1. The highest BCUT2D eigenvalue weighted by Gasteiger charge is 2.23. The van der Waals surface area contributed by atoms with Gasteiger partial charge in [0.1, 0.15) is 17.7 Å². The van der Waals surface area contributed by atoms with Gasteiger partial charge in [-0.25, -0.2) is 9.37 Å². The van der Waals surface area contributed by atoms with Crippen molar-refractivity contribution in [2.75, 3.05) is 17.2 Å². The normalized spacial score (nSPS) is 17.2. The van der Waals surface area contributed by atoms with E-state index in [1.165, 1.54) is 12.1 Å². The number of aromatic nitrogens is 1. The molecule has 3 rings (SSSR count). The van der Waals surface area contributed by atoms with Crippen LogP contribution < -0.4 is 10.6 Å². The van der Waals surface area contributed by atoms with E-state index in [0.717, 1.165) is 24.2 Å². The van der Waals surface area contributed by atoms with Crippen molar-refractivity contribution in [1.82, 2.24) is 4.98 Å². The van der Waals surface area contributed by atoms with Gasteiger partial charge in [-0.05, 0) is 49.2 Å². The fourth-order valence-electron chi connectivity index (χ4n) is 2.23. The first-order valence-electron chi connectivity index (χ1n) is 7.12. The number of carbonyl (C=O) groups excluding carboxylic acids is 1. The van der Waals surface area contributed by atoms with Crippen LogP contribution in [0.5, 0.6) is 0 Å². The van der Waals surface area contributed by atoms with Gasteiger partial charge in [0.2, 0.25) is 0 Å². The Morgan fingerprint density at radius 3 is 2.59 bits per heavy atom. The molecule has 0 radical (unpaired) electrons. The van der Waals surface area contributed by atoms with Crippen LogP contribution in [0.15, 0.2) is 42.6 Å². The molecule has 1 aromatic heterocycles. The number of anilines is 3. The molecule has 2 aromatic rings. The highest BCUT2D eigenvalue weighted by Crippen LogP contribution is 2.18. The van der Waals surface area contributed by atoms with Crippen molar-refractivity contribution < 1.29 is 13.9 Å². The minimum atomic E-state index is -0.376. The lowest BCUT2D eigenvalue weighted by atomic mass is 10.2. The summed E-state index contributed by atoms with van der Waals surface area (Å²) in [7, 11) is 0. The Bertz CT molecular complexity index is 637. The lowest BCUT2D eigenvalue weighted by Crippen LogP contribution is -2.27. The van der Waals surface area contributed by atoms with E-state index in [0.29, 0.717) is 12.4 Å². The number of hydrogen-bond acceptors (Lipinski definition) is 4. The molecular formula is C16H16FN3O2. The molecule has 0 bridgehead atoms. The highest BCUT2D eigenvalue weighted by atomic mass is 19.1. The molecule has 1 fully saturated rings. The fourth-order valence-corrected chi connectivity index (χ4v) is 2.23. The lowest BCUT2D eigenvalue weighted by Gasteiger charge is -2.10. The second-order valence-corrected chi connectivity index (χ2v) is 5.05. The smallest absolute Gasteiger partial charge is 0.254 e. The molecule has 2 N–H and O–H groups in total. The van der Waals surface area contributed by atoms with Gasteiger partial charge in [0.25, 0.3) is 5.91 Å². The predicted octanol–water partition coefficient (Wildman–Crippen LogP) is 3.08. The molecule has 1 saturated heterocycles. The number of halogens is 1. The second kappa shape index (κ2) is 6.53. The van der Waals surface area contributed by atoms with E-state index in [2.05, 4.69) is 15.6 Å². The third-order valence-electron chi connectivity index (χ3n) is 3.37. The fraction of sp³-hybridized carbons (Fsp3) is 0.250. The molecule has 1 aliphatic heterocycles. The van der Waals surface area contributed by atoms with Crippen LogP contribution in [0.25, 0.3) is 0 Å². The number of pyridine rings is 1. The maximum absolute atomic E-state index is 12.8. The van der Waals surface area contributed by atoms with Gasteiger partial charge in [0.15, 0.2) is 0 Å². The molecule has 1 unspecified atom stereocenters. The Kier molecular flexibility index (Phi) is 4.29. The quantitative estimate of drug-likeness (QED) is 0.911. The number of ether oxygens (including phenoxy) is 1. The summed E-state index contributed by atoms with van der Waals surface area (Å²) in [6.45, 7) is 0.631. The number of rotatable bonds is 4. The van der Waals surface area contributed by atoms with Crippen molar-refractivity contribution in [3.05, 3.63) is 48.4 Å². The monoisotopic (exact) mass is 301 g/mol. The highest BCUT2D eigenvalue weighted by molar-refractivity contribution is 5.93. The van der Waals surface area contributed by atoms with E-state index in [4.69, 9.17) is 4.74 Å². The van der Waals surface area contributed by atoms with Crippen LogP contribution in [0.3, 0.4) is 0 Å². The van der Waals surface area contributed by atoms with E-state index in [9.17, 15) is 9.18 Å². The van der Waals surface area contributed by atoms with E-state index >= 15 is 0 Å². The first-order valence-corrected chi connectivity index (χ1v) is 7.12. The maximum Gasteiger partial charge on any atom is 0.254 e. The SMILES string of the molecule is O=C(Nc1ccc(Nc2ccc(F)cc2)cn1)C1CCCO1. The first kappa shape index (κ1) is 14.5. The van der Waals surface area contributed by atoms with E-state index < -0.39 is 0 Å². The summed E-state index contributed by atoms with van der Waals surface area (Å²) in [5.41, 5.74) is 1.51. The molecule has 5 nitrogen and oxygen atoms in total. The molecule has 1 amide bonds. The van der Waals surface area contributed by atoms with Gasteiger partial charge in [-0.3, -0.25) is 4.79 Å². The zero-order valence-electron chi connectivity index (χ0n) is 11.9. The average molecular weight is 301 g/mol. The van der Waals surface area contributed by atoms with Gasteiger partial charge in [-0.15, -0.1) is 0 Å². The minimum absolute atomic E-state index is 0.163. The molecule has 0 spiro atoms. The van der Waals surface area contributed by atoms with Crippen molar-refractivity contribution in [2.24, 2.45) is 0 Å². The summed E-state index contributed by atoms with van der Waals surface area (Å²) in [4.78, 5) is 16.1. The van der Waals surface area contributed by atoms with Gasteiger partial charge >= 0.3 is 0 Å². The first-order chi connectivity index (χ1) is 10.7. The number of nitrogens with one attached hydrogen (secondary N) is 2. The Morgan fingerprint density at radius 1 is 1.18 bits per heavy atom. The average Bonchev–Trinajstić information content (AvgIpc) is 3.06. The molecule has 0 saturated carbocycles. The largest absolute Gasteiger partial charge is 0.368 e. The molecule has 1 aromatic carbocycles. The number of nitrogens with zero attached hydrogens (tertiary/aromatic N) is 1. The second-order valence-electron chi connectivity index (χ2n) is 5.05. The van der Waals surface area contributed by atoms with Crippen LogP contribution in [0.1, 0.15) is 12.8 Å². The Morgan fingerprint density at radius 2 is 1.95 bits per heavy atom. The van der Waals surface area contributed by atoms with Crippen LogP contribution in [0, 0.1) is 5.82 Å². The summed E-state index contributed by atoms with van der Waals surface area (Å²) < 4.78 is 18.2. The topological polar surface area (TPSA) is 63.2 Å². The van der Waals surface area contributed by atoms with E-state index in [1.807, 2.05) is 0 Å². The van der Waals surface area contributed by atoms with Crippen LogP contribution in [-0.2, 0) is 9.53 Å². The zero-order valence-corrected chi connectivity index (χ0v) is 11.9. The molecule has 0 aliphatic carbocycles. The number of amides is 1. The third kappa shape index (κ3) is 3.59. The summed E-state index contributed by atoms with van der Waals surface area (Å²) in [5.74, 6) is 0.0327. The lowest BCUT2D eigenvalue weighted by molar-refractivity contribution is -0.124. The van der Waals surface area contributed by atoms with Crippen molar-refractivity contribution in [1.29, 1.82) is 0 Å². The summed E-state index contributed by atoms with van der Waals surface area (Å²) in [6, 6.07) is 9.54. The van der Waals surface area contributed by atoms with Gasteiger partial charge in [-0.1, -0.05) is 0 Å². The molecule has 114 valence electrons. The Hall–Kier alpha value is -2.47. The van der Waals surface area contributed by atoms with Crippen LogP contribution in [0.2, 0.25) is 0 Å². The van der Waals surface area contributed by atoms with Crippen LogP contribution in [0.4, 0.5) is 21.6 Å². The summed E-state index contributed by atoms with van der Waals surface area (Å²) in [6.07, 6.45) is 2.88. The van der Waals surface area contributed by atoms with E-state index in [-0.39, 0.29) is 17.8 Å². The van der Waals surface area contributed by atoms with Crippen molar-refractivity contribution in [3.8, 4) is 0 Å². The van der Waals surface area contributed by atoms with Gasteiger partial charge < -0.3 is 15.4 Å². The summed E-state index contributed by atoms with van der Waals surface area (Å²) >= 11 is 0. The Balaban J connectivity index is 1.60. The van der Waals surface area contributed by atoms with Gasteiger partial charge in [0.05, 0.1) is 11.9 Å². The minimum Gasteiger partial charge on any atom is -0.368 e. The van der Waals surface area contributed by atoms with Crippen molar-refractivity contribution in [2.45, 2.75) is 18.9 Å². The number of benzene rings is 1. The third-order valence-corrected chi connectivity index (χ3v) is 3.37. The van der Waals surface area contributed by atoms with E-state index in [1.54, 1.807) is 30.5 Å². The Labute approximate surface area is 127 Å². The molecular weight excluding hydrogens is 285 g/mol. The van der Waals surface area contributed by atoms with Crippen LogP contribution in [-0.4, -0.2) is 23.6 Å². The molecule has 1 atom stereocenters. The molecule has 2 heterocycles.